The predicted molar refractivity (Wildman–Crippen MR) is 163 cm³/mol. The predicted octanol–water partition coefficient (Wildman–Crippen LogP) is 4.75. The lowest BCUT2D eigenvalue weighted by atomic mass is 9.48. The Morgan fingerprint density at radius 3 is 2.64 bits per heavy atom. The maximum Gasteiger partial charge on any atom is 0.303 e. The number of ketones is 1. The maximum atomic E-state index is 16.1. The van der Waals surface area contributed by atoms with E-state index in [1.165, 1.54) is 12.5 Å². The number of allylic oxidation sites excluding steroid dienone is 4. The molecule has 2 saturated carbocycles. The zero-order chi connectivity index (χ0) is 31.1. The fraction of sp³-hybridized carbons (Fsp3) is 0.571. The van der Waals surface area contributed by atoms with Gasteiger partial charge >= 0.3 is 5.97 Å². The Kier molecular flexibility index (Phi) is 8.42. The number of anilines is 1. The normalized spacial score (nSPS) is 33.9. The molecule has 1 aromatic rings. The molecule has 1 saturated heterocycles. The summed E-state index contributed by atoms with van der Waals surface area (Å²) in [6.45, 7) is 5.67. The van der Waals surface area contributed by atoms with E-state index in [4.69, 9.17) is 9.47 Å². The molecule has 9 heteroatoms. The van der Waals surface area contributed by atoms with E-state index in [0.29, 0.717) is 56.6 Å². The van der Waals surface area contributed by atoms with Crippen molar-refractivity contribution in [3.05, 3.63) is 52.6 Å². The Labute approximate surface area is 258 Å². The molecule has 0 radical (unpaired) electrons. The average Bonchev–Trinajstić information content (AvgIpc) is 3.35. The first-order valence-corrected chi connectivity index (χ1v) is 15.7. The molecule has 234 valence electrons. The second kappa shape index (κ2) is 12.1. The number of Topliss-reactive ketones (excluding diaryl/α,β-unsaturated/α-hetero) is 1. The molecule has 0 amide bonds. The molecule has 6 atom stereocenters. The molecule has 8 nitrogen and oxygen atoms in total. The number of halogens is 1. The van der Waals surface area contributed by atoms with E-state index >= 15 is 4.39 Å². The topological polar surface area (TPSA) is 109 Å². The Balaban J connectivity index is 1.48. The van der Waals surface area contributed by atoms with Gasteiger partial charge in [0.1, 0.15) is 12.8 Å². The van der Waals surface area contributed by atoms with Crippen LogP contribution in [0, 0.1) is 34.5 Å². The summed E-state index contributed by atoms with van der Waals surface area (Å²) in [6, 6.07) is 8.61. The van der Waals surface area contributed by atoms with E-state index in [1.807, 2.05) is 0 Å². The summed E-state index contributed by atoms with van der Waals surface area (Å²) in [5.74, 6) is 4.97. The Bertz CT molecular complexity index is 1470. The minimum Gasteiger partial charge on any atom is -0.458 e. The highest BCUT2D eigenvalue weighted by Crippen LogP contribution is 2.69. The van der Waals surface area contributed by atoms with Crippen LogP contribution in [0.25, 0.3) is 0 Å². The molecule has 1 unspecified atom stereocenters. The quantitative estimate of drug-likeness (QED) is 0.216. The first kappa shape index (κ1) is 30.5. The number of rotatable bonds is 5. The summed E-state index contributed by atoms with van der Waals surface area (Å²) >= 11 is 0. The van der Waals surface area contributed by atoms with Crippen LogP contribution < -0.4 is 4.90 Å². The van der Waals surface area contributed by atoms with Crippen LogP contribution in [0.3, 0.4) is 0 Å². The van der Waals surface area contributed by atoms with Crippen LogP contribution in [0.1, 0.15) is 63.9 Å². The van der Waals surface area contributed by atoms with Crippen molar-refractivity contribution in [1.82, 2.24) is 0 Å². The number of ether oxygens (including phenoxy) is 2. The van der Waals surface area contributed by atoms with Gasteiger partial charge in [0.25, 0.3) is 0 Å². The van der Waals surface area contributed by atoms with Crippen molar-refractivity contribution in [2.45, 2.75) is 64.5 Å². The van der Waals surface area contributed by atoms with Crippen LogP contribution in [0.5, 0.6) is 0 Å². The number of morpholine rings is 1. The molecule has 1 heterocycles. The lowest BCUT2D eigenvalue weighted by Gasteiger charge is -2.55. The lowest BCUT2D eigenvalue weighted by molar-refractivity contribution is -0.150. The smallest absolute Gasteiger partial charge is 0.303 e. The largest absolute Gasteiger partial charge is 0.458 e. The van der Waals surface area contributed by atoms with Crippen LogP contribution in [-0.4, -0.2) is 73.5 Å². The molecule has 5 aliphatic rings. The van der Waals surface area contributed by atoms with Crippen molar-refractivity contribution >= 4 is 23.2 Å². The molecular formula is C35H41FN2O6. The molecule has 1 aromatic carbocycles. The SMILES string of the molecule is CC(=O)OCC(=O)[C@@]1(C#CCO)CC[C@H]2[C@@H]3CC(F)C4=CC(=NO)CCC4=C3[C@@H](c3ccc(N4CCOCC4)cc3)C[C@@]21C. The number of aliphatic hydroxyl groups excluding tert-OH is 1. The van der Waals surface area contributed by atoms with Crippen LogP contribution >= 0.6 is 0 Å². The van der Waals surface area contributed by atoms with E-state index in [-0.39, 0.29) is 43.2 Å². The zero-order valence-electron chi connectivity index (χ0n) is 25.5. The summed E-state index contributed by atoms with van der Waals surface area (Å²) in [7, 11) is 0. The van der Waals surface area contributed by atoms with Crippen molar-refractivity contribution in [1.29, 1.82) is 0 Å². The summed E-state index contributed by atoms with van der Waals surface area (Å²) in [5.41, 5.74) is 3.82. The number of esters is 1. The van der Waals surface area contributed by atoms with Crippen LogP contribution in [-0.2, 0) is 19.1 Å². The standard InChI is InChI=1S/C35H41FN2O6/c1-22(40)44-21-32(41)35(11-3-15-39)12-10-30-28-19-31(36)27-18-24(37-42)6-9-26(27)33(28)29(20-34(30,35)2)23-4-7-25(8-5-23)38-13-16-43-17-14-38/h4-5,7-8,18,28-31,39,42H,6,9-10,12-17,19-21H2,1-2H3/t28-,29+,30-,31?,34-,35+/m0/s1. The molecule has 4 aliphatic carbocycles. The molecule has 44 heavy (non-hydrogen) atoms. The second-order valence-electron chi connectivity index (χ2n) is 13.0. The molecule has 0 bridgehead atoms. The van der Waals surface area contributed by atoms with Gasteiger partial charge in [0.05, 0.1) is 24.3 Å². The van der Waals surface area contributed by atoms with E-state index in [0.717, 1.165) is 29.9 Å². The van der Waals surface area contributed by atoms with Crippen molar-refractivity contribution in [2.75, 3.05) is 44.4 Å². The van der Waals surface area contributed by atoms with Gasteiger partial charge in [-0.1, -0.05) is 41.6 Å². The Hall–Kier alpha value is -3.48. The number of hydrogen-bond donors (Lipinski definition) is 2. The first-order valence-electron chi connectivity index (χ1n) is 15.7. The number of carbonyl (C=O) groups is 2. The highest BCUT2D eigenvalue weighted by Gasteiger charge is 2.66. The summed E-state index contributed by atoms with van der Waals surface area (Å²) in [4.78, 5) is 28.0. The number of hydrogen-bond acceptors (Lipinski definition) is 8. The number of fused-ring (bicyclic) bond motifs is 4. The number of alkyl halides is 1. The van der Waals surface area contributed by atoms with Crippen LogP contribution in [0.15, 0.2) is 52.2 Å². The van der Waals surface area contributed by atoms with Gasteiger partial charge in [-0.2, -0.15) is 0 Å². The summed E-state index contributed by atoms with van der Waals surface area (Å²) in [6.07, 6.45) is 3.69. The minimum atomic E-state index is -1.21. The van der Waals surface area contributed by atoms with Gasteiger partial charge in [0, 0.05) is 31.6 Å². The van der Waals surface area contributed by atoms with Crippen molar-refractivity contribution < 1.29 is 33.8 Å². The van der Waals surface area contributed by atoms with Gasteiger partial charge in [-0.05, 0) is 90.7 Å². The van der Waals surface area contributed by atoms with E-state index in [1.54, 1.807) is 6.08 Å². The molecule has 0 aromatic heterocycles. The molecule has 6 rings (SSSR count). The minimum absolute atomic E-state index is 0.0177. The Morgan fingerprint density at radius 2 is 1.95 bits per heavy atom. The van der Waals surface area contributed by atoms with Gasteiger partial charge < -0.3 is 24.7 Å². The van der Waals surface area contributed by atoms with E-state index in [9.17, 15) is 19.9 Å². The molecule has 1 aliphatic heterocycles. The first-order chi connectivity index (χ1) is 21.2. The fourth-order valence-electron chi connectivity index (χ4n) is 9.00. The highest BCUT2D eigenvalue weighted by atomic mass is 19.1. The third kappa shape index (κ3) is 5.06. The third-order valence-corrected chi connectivity index (χ3v) is 11.0. The zero-order valence-corrected chi connectivity index (χ0v) is 25.5. The number of carbonyl (C=O) groups excluding carboxylic acids is 2. The van der Waals surface area contributed by atoms with Crippen molar-refractivity contribution in [2.24, 2.45) is 27.8 Å². The molecule has 3 fully saturated rings. The number of aliphatic hydroxyl groups is 1. The molecule has 2 N–H and O–H groups in total. The van der Waals surface area contributed by atoms with Crippen LogP contribution in [0.4, 0.5) is 10.1 Å². The Morgan fingerprint density at radius 1 is 1.20 bits per heavy atom. The number of benzene rings is 1. The van der Waals surface area contributed by atoms with Gasteiger partial charge in [0.2, 0.25) is 0 Å². The molecule has 0 spiro atoms. The maximum absolute atomic E-state index is 16.1. The van der Waals surface area contributed by atoms with E-state index in [2.05, 4.69) is 53.1 Å². The monoisotopic (exact) mass is 604 g/mol. The highest BCUT2D eigenvalue weighted by molar-refractivity contribution is 5.97. The number of oxime groups is 1. The summed E-state index contributed by atoms with van der Waals surface area (Å²) < 4.78 is 26.8. The van der Waals surface area contributed by atoms with Gasteiger partial charge in [-0.25, -0.2) is 4.39 Å². The van der Waals surface area contributed by atoms with Gasteiger partial charge in [0.15, 0.2) is 12.4 Å². The fourth-order valence-corrected chi connectivity index (χ4v) is 9.00. The number of nitrogens with zero attached hydrogens (tertiary/aromatic N) is 2. The van der Waals surface area contributed by atoms with Crippen LogP contribution in [0.2, 0.25) is 0 Å². The van der Waals surface area contributed by atoms with Gasteiger partial charge in [-0.3, -0.25) is 9.59 Å². The second-order valence-corrected chi connectivity index (χ2v) is 13.0. The van der Waals surface area contributed by atoms with E-state index < -0.39 is 23.0 Å². The lowest BCUT2D eigenvalue weighted by Crippen LogP contribution is -2.52. The van der Waals surface area contributed by atoms with Crippen molar-refractivity contribution in [3.8, 4) is 11.8 Å². The van der Waals surface area contributed by atoms with Gasteiger partial charge in [-0.15, -0.1) is 0 Å². The average molecular weight is 605 g/mol. The molecular weight excluding hydrogens is 563 g/mol. The summed E-state index contributed by atoms with van der Waals surface area (Å²) in [5, 5.41) is 22.6. The van der Waals surface area contributed by atoms with Crippen molar-refractivity contribution in [3.63, 3.8) is 0 Å². The third-order valence-electron chi connectivity index (χ3n) is 11.0.